The number of halogens is 1. The van der Waals surface area contributed by atoms with E-state index in [4.69, 9.17) is 0 Å². The topological polar surface area (TPSA) is 65.0 Å². The van der Waals surface area contributed by atoms with Crippen LogP contribution in [0.4, 0.5) is 0 Å². The molecule has 1 aromatic carbocycles. The van der Waals surface area contributed by atoms with E-state index in [1.165, 1.54) is 38.5 Å². The molecular formula is C23H37IN4O2S. The Hall–Kier alpha value is -0.870. The Kier molecular flexibility index (Phi) is 8.65. The summed E-state index contributed by atoms with van der Waals surface area (Å²) in [6.07, 6.45) is 9.97. The zero-order chi connectivity index (χ0) is 21.0. The highest BCUT2D eigenvalue weighted by atomic mass is 127. The molecular weight excluding hydrogens is 523 g/mol. The van der Waals surface area contributed by atoms with Gasteiger partial charge in [-0.3, -0.25) is 4.99 Å². The summed E-state index contributed by atoms with van der Waals surface area (Å²) in [4.78, 5) is 7.39. The lowest BCUT2D eigenvalue weighted by atomic mass is 9.73. The number of piperidine rings is 1. The average Bonchev–Trinajstić information content (AvgIpc) is 3.18. The second-order valence-electron chi connectivity index (χ2n) is 9.32. The predicted molar refractivity (Wildman–Crippen MR) is 136 cm³/mol. The third kappa shape index (κ3) is 5.74. The number of guanidine groups is 1. The standard InChI is InChI=1S/C23H36N4O2S.HI/c1-24-22(26-17-14-23(19-26)12-6-3-7-13-23)25-18-20-10-15-27(16-11-20)30(28,29)21-8-4-2-5-9-21;/h2,4-5,8-9,20H,3,6-7,10-19H2,1H3,(H,24,25);1H. The number of sulfonamides is 1. The fourth-order valence-electron chi connectivity index (χ4n) is 5.49. The van der Waals surface area contributed by atoms with Crippen LogP contribution in [0.3, 0.4) is 0 Å². The normalized spacial score (nSPS) is 23.0. The smallest absolute Gasteiger partial charge is 0.243 e. The first kappa shape index (κ1) is 24.8. The molecule has 1 aliphatic carbocycles. The molecule has 8 heteroatoms. The highest BCUT2D eigenvalue weighted by molar-refractivity contribution is 14.0. The molecule has 0 amide bonds. The van der Waals surface area contributed by atoms with Gasteiger partial charge < -0.3 is 10.2 Å². The first-order valence-corrected chi connectivity index (χ1v) is 13.0. The Morgan fingerprint density at radius 1 is 1.06 bits per heavy atom. The molecule has 0 unspecified atom stereocenters. The van der Waals surface area contributed by atoms with Crippen molar-refractivity contribution < 1.29 is 8.42 Å². The van der Waals surface area contributed by atoms with Crippen LogP contribution in [0, 0.1) is 11.3 Å². The number of aliphatic imine (C=N–C) groups is 1. The molecule has 31 heavy (non-hydrogen) atoms. The number of rotatable bonds is 4. The summed E-state index contributed by atoms with van der Waals surface area (Å²) in [5.41, 5.74) is 0.521. The molecule has 1 saturated carbocycles. The largest absolute Gasteiger partial charge is 0.356 e. The van der Waals surface area contributed by atoms with Crippen molar-refractivity contribution in [1.82, 2.24) is 14.5 Å². The van der Waals surface area contributed by atoms with Crippen molar-refractivity contribution in [2.24, 2.45) is 16.3 Å². The lowest BCUT2D eigenvalue weighted by Gasteiger charge is -2.34. The molecule has 0 atom stereocenters. The quantitative estimate of drug-likeness (QED) is 0.345. The van der Waals surface area contributed by atoms with Gasteiger partial charge in [0, 0.05) is 39.8 Å². The Balaban J connectivity index is 0.00000272. The Labute approximate surface area is 204 Å². The van der Waals surface area contributed by atoms with Crippen LogP contribution in [0.5, 0.6) is 0 Å². The van der Waals surface area contributed by atoms with Crippen molar-refractivity contribution in [2.45, 2.75) is 56.3 Å². The van der Waals surface area contributed by atoms with Gasteiger partial charge in [0.25, 0.3) is 0 Å². The highest BCUT2D eigenvalue weighted by Crippen LogP contribution is 2.43. The van der Waals surface area contributed by atoms with Crippen molar-refractivity contribution >= 4 is 40.0 Å². The van der Waals surface area contributed by atoms with Crippen LogP contribution in [0.25, 0.3) is 0 Å². The minimum Gasteiger partial charge on any atom is -0.356 e. The number of nitrogens with zero attached hydrogens (tertiary/aromatic N) is 3. The minimum atomic E-state index is -3.37. The van der Waals surface area contributed by atoms with Crippen molar-refractivity contribution in [3.05, 3.63) is 30.3 Å². The minimum absolute atomic E-state index is 0. The van der Waals surface area contributed by atoms with Gasteiger partial charge in [-0.05, 0) is 55.6 Å². The lowest BCUT2D eigenvalue weighted by Crippen LogP contribution is -2.45. The molecule has 1 N–H and O–H groups in total. The van der Waals surface area contributed by atoms with Crippen LogP contribution in [-0.4, -0.2) is 63.4 Å². The first-order valence-electron chi connectivity index (χ1n) is 11.5. The number of hydrogen-bond acceptors (Lipinski definition) is 3. The molecule has 174 valence electrons. The maximum atomic E-state index is 12.8. The van der Waals surface area contributed by atoms with Crippen LogP contribution in [0.1, 0.15) is 51.4 Å². The van der Waals surface area contributed by atoms with Crippen molar-refractivity contribution in [1.29, 1.82) is 0 Å². The molecule has 2 aliphatic heterocycles. The molecule has 1 aromatic rings. The van der Waals surface area contributed by atoms with E-state index >= 15 is 0 Å². The SMILES string of the molecule is CN=C(NCC1CCN(S(=O)(=O)c2ccccc2)CC1)N1CCC2(CCCCC2)C1.I. The Morgan fingerprint density at radius 2 is 1.74 bits per heavy atom. The van der Waals surface area contributed by atoms with Crippen LogP contribution >= 0.6 is 24.0 Å². The van der Waals surface area contributed by atoms with Crippen LogP contribution in [0.2, 0.25) is 0 Å². The monoisotopic (exact) mass is 560 g/mol. The molecule has 0 bridgehead atoms. The van der Waals surface area contributed by atoms with E-state index < -0.39 is 10.0 Å². The number of likely N-dealkylation sites (tertiary alicyclic amines) is 1. The van der Waals surface area contributed by atoms with E-state index in [9.17, 15) is 8.42 Å². The van der Waals surface area contributed by atoms with Crippen LogP contribution < -0.4 is 5.32 Å². The van der Waals surface area contributed by atoms with E-state index in [2.05, 4.69) is 15.2 Å². The maximum Gasteiger partial charge on any atom is 0.243 e. The summed E-state index contributed by atoms with van der Waals surface area (Å²) in [7, 11) is -1.49. The predicted octanol–water partition coefficient (Wildman–Crippen LogP) is 3.94. The first-order chi connectivity index (χ1) is 14.5. The van der Waals surface area contributed by atoms with Crippen molar-refractivity contribution in [3.8, 4) is 0 Å². The van der Waals surface area contributed by atoms with E-state index in [-0.39, 0.29) is 24.0 Å². The van der Waals surface area contributed by atoms with Crippen molar-refractivity contribution in [3.63, 3.8) is 0 Å². The van der Waals surface area contributed by atoms with Gasteiger partial charge in [0.2, 0.25) is 10.0 Å². The molecule has 4 rings (SSSR count). The van der Waals surface area contributed by atoms with Crippen molar-refractivity contribution in [2.75, 3.05) is 39.8 Å². The molecule has 2 saturated heterocycles. The molecule has 3 aliphatic rings. The summed E-state index contributed by atoms with van der Waals surface area (Å²) in [5.74, 6) is 1.51. The second kappa shape index (κ2) is 10.8. The van der Waals surface area contributed by atoms with Gasteiger partial charge >= 0.3 is 0 Å². The number of hydrogen-bond donors (Lipinski definition) is 1. The van der Waals surface area contributed by atoms with Gasteiger partial charge in [0.15, 0.2) is 5.96 Å². The third-order valence-corrected chi connectivity index (χ3v) is 9.28. The molecule has 6 nitrogen and oxygen atoms in total. The second-order valence-corrected chi connectivity index (χ2v) is 11.3. The van der Waals surface area contributed by atoms with Gasteiger partial charge in [-0.2, -0.15) is 4.31 Å². The summed E-state index contributed by atoms with van der Waals surface area (Å²) < 4.78 is 27.3. The van der Waals surface area contributed by atoms with Gasteiger partial charge in [0.05, 0.1) is 4.90 Å². The molecule has 3 fully saturated rings. The van der Waals surface area contributed by atoms with Gasteiger partial charge in [-0.1, -0.05) is 37.5 Å². The lowest BCUT2D eigenvalue weighted by molar-refractivity contribution is 0.203. The zero-order valence-electron chi connectivity index (χ0n) is 18.6. The maximum absolute atomic E-state index is 12.8. The molecule has 0 radical (unpaired) electrons. The summed E-state index contributed by atoms with van der Waals surface area (Å²) in [6.45, 7) is 4.30. The number of benzene rings is 1. The summed E-state index contributed by atoms with van der Waals surface area (Å²) in [5, 5.41) is 3.60. The average molecular weight is 561 g/mol. The zero-order valence-corrected chi connectivity index (χ0v) is 21.8. The third-order valence-electron chi connectivity index (χ3n) is 7.37. The Bertz CT molecular complexity index is 832. The van der Waals surface area contributed by atoms with Gasteiger partial charge in [-0.15, -0.1) is 24.0 Å². The van der Waals surface area contributed by atoms with Crippen LogP contribution in [0.15, 0.2) is 40.2 Å². The summed E-state index contributed by atoms with van der Waals surface area (Å²) >= 11 is 0. The molecule has 1 spiro atoms. The molecule has 2 heterocycles. The van der Waals surface area contributed by atoms with E-state index in [1.54, 1.807) is 28.6 Å². The van der Waals surface area contributed by atoms with Gasteiger partial charge in [0.1, 0.15) is 0 Å². The van der Waals surface area contributed by atoms with Gasteiger partial charge in [-0.25, -0.2) is 8.42 Å². The van der Waals surface area contributed by atoms with E-state index in [0.717, 1.165) is 38.4 Å². The molecule has 0 aromatic heterocycles. The highest BCUT2D eigenvalue weighted by Gasteiger charge is 2.40. The Morgan fingerprint density at radius 3 is 2.39 bits per heavy atom. The van der Waals surface area contributed by atoms with E-state index in [0.29, 0.717) is 29.3 Å². The fourth-order valence-corrected chi connectivity index (χ4v) is 6.98. The number of nitrogens with one attached hydrogen (secondary N) is 1. The van der Waals surface area contributed by atoms with E-state index in [1.807, 2.05) is 13.1 Å². The van der Waals surface area contributed by atoms with Crippen LogP contribution in [-0.2, 0) is 10.0 Å². The fraction of sp³-hybridized carbons (Fsp3) is 0.696. The summed E-state index contributed by atoms with van der Waals surface area (Å²) in [6, 6.07) is 8.78.